The molecule has 1 aliphatic heterocycles. The molecule has 4 aromatic rings. The second-order valence-corrected chi connectivity index (χ2v) is 8.60. The third kappa shape index (κ3) is 4.65. The predicted octanol–water partition coefficient (Wildman–Crippen LogP) is 4.53. The van der Waals surface area contributed by atoms with Gasteiger partial charge in [0.2, 0.25) is 0 Å². The van der Waals surface area contributed by atoms with Gasteiger partial charge in [0.25, 0.3) is 5.91 Å². The van der Waals surface area contributed by atoms with Crippen LogP contribution in [0.25, 0.3) is 27.9 Å². The summed E-state index contributed by atoms with van der Waals surface area (Å²) in [5, 5.41) is 16.8. The molecular formula is C27H24N8O. The fraction of sp³-hybridized carbons (Fsp3) is 0.148. The molecule has 3 N–H and O–H groups in total. The van der Waals surface area contributed by atoms with Crippen LogP contribution < -0.4 is 10.7 Å². The van der Waals surface area contributed by atoms with Crippen LogP contribution in [0.3, 0.4) is 0 Å². The summed E-state index contributed by atoms with van der Waals surface area (Å²) in [4.78, 5) is 26.7. The maximum absolute atomic E-state index is 12.7. The summed E-state index contributed by atoms with van der Waals surface area (Å²) >= 11 is 0. The molecule has 0 bridgehead atoms. The van der Waals surface area contributed by atoms with E-state index < -0.39 is 0 Å². The summed E-state index contributed by atoms with van der Waals surface area (Å²) in [6.07, 6.45) is 3.50. The number of allylic oxidation sites excluding steroid dienone is 1. The normalized spacial score (nSPS) is 13.7. The molecule has 0 aliphatic carbocycles. The van der Waals surface area contributed by atoms with E-state index in [0.717, 1.165) is 33.3 Å². The van der Waals surface area contributed by atoms with Gasteiger partial charge < -0.3 is 15.2 Å². The van der Waals surface area contributed by atoms with E-state index in [0.29, 0.717) is 30.4 Å². The molecule has 1 aliphatic rings. The number of carbonyl (C=O) groups excluding carboxylic acids is 1. The maximum atomic E-state index is 12.7. The van der Waals surface area contributed by atoms with Gasteiger partial charge in [0.15, 0.2) is 5.82 Å². The van der Waals surface area contributed by atoms with Crippen molar-refractivity contribution in [2.45, 2.75) is 6.92 Å². The molecule has 0 atom stereocenters. The maximum Gasteiger partial charge on any atom is 0.270 e. The second kappa shape index (κ2) is 9.72. The first-order valence-electron chi connectivity index (χ1n) is 11.4. The topological polar surface area (TPSA) is 122 Å². The molecule has 1 saturated heterocycles. The van der Waals surface area contributed by atoms with Gasteiger partial charge in [-0.15, -0.1) is 0 Å². The van der Waals surface area contributed by atoms with Crippen LogP contribution in [0.2, 0.25) is 0 Å². The Labute approximate surface area is 208 Å². The number of aromatic amines is 1. The van der Waals surface area contributed by atoms with Crippen molar-refractivity contribution in [3.8, 4) is 17.5 Å². The van der Waals surface area contributed by atoms with Gasteiger partial charge in [0.1, 0.15) is 11.5 Å². The van der Waals surface area contributed by atoms with Gasteiger partial charge in [-0.3, -0.25) is 10.2 Å². The number of hydrogen-bond donors (Lipinski definition) is 3. The molecule has 0 spiro atoms. The van der Waals surface area contributed by atoms with Crippen molar-refractivity contribution < 1.29 is 4.79 Å². The first-order chi connectivity index (χ1) is 17.5. The van der Waals surface area contributed by atoms with E-state index in [1.54, 1.807) is 17.3 Å². The number of nitrogens with one attached hydrogen (secondary N) is 3. The fourth-order valence-corrected chi connectivity index (χ4v) is 4.04. The summed E-state index contributed by atoms with van der Waals surface area (Å²) in [6, 6.07) is 19.7. The first-order valence-corrected chi connectivity index (χ1v) is 11.4. The van der Waals surface area contributed by atoms with E-state index in [2.05, 4.69) is 43.6 Å². The third-order valence-corrected chi connectivity index (χ3v) is 6.10. The number of hydrogen-bond acceptors (Lipinski definition) is 7. The number of rotatable bonds is 7. The van der Waals surface area contributed by atoms with Gasteiger partial charge in [0.05, 0.1) is 12.0 Å². The highest BCUT2D eigenvalue weighted by Gasteiger charge is 2.31. The molecule has 0 saturated carbocycles. The van der Waals surface area contributed by atoms with Crippen LogP contribution in [-0.2, 0) is 0 Å². The van der Waals surface area contributed by atoms with Gasteiger partial charge in [-0.05, 0) is 48.4 Å². The Kier molecular flexibility index (Phi) is 6.16. The minimum absolute atomic E-state index is 0.0703. The summed E-state index contributed by atoms with van der Waals surface area (Å²) in [7, 11) is 0. The zero-order chi connectivity index (χ0) is 25.1. The Balaban J connectivity index is 1.32. The highest BCUT2D eigenvalue weighted by Crippen LogP contribution is 2.26. The average molecular weight is 477 g/mol. The zero-order valence-electron chi connectivity index (χ0n) is 19.7. The number of aromatic nitrogens is 3. The van der Waals surface area contributed by atoms with Crippen molar-refractivity contribution in [1.82, 2.24) is 25.3 Å². The van der Waals surface area contributed by atoms with Gasteiger partial charge in [0, 0.05) is 54.4 Å². The van der Waals surface area contributed by atoms with Crippen molar-refractivity contribution >= 4 is 40.6 Å². The number of hydrazone groups is 1. The number of nitrogens with zero attached hydrogens (tertiary/aromatic N) is 5. The van der Waals surface area contributed by atoms with Crippen LogP contribution in [-0.4, -0.2) is 45.6 Å². The summed E-state index contributed by atoms with van der Waals surface area (Å²) < 4.78 is 0. The van der Waals surface area contributed by atoms with Crippen molar-refractivity contribution in [2.75, 3.05) is 18.4 Å². The molecule has 178 valence electrons. The van der Waals surface area contributed by atoms with Crippen molar-refractivity contribution in [3.05, 3.63) is 78.3 Å². The highest BCUT2D eigenvalue weighted by atomic mass is 16.2. The quantitative estimate of drug-likeness (QED) is 0.266. The Hall–Kier alpha value is -4.97. The van der Waals surface area contributed by atoms with Crippen molar-refractivity contribution in [1.29, 1.82) is 5.26 Å². The largest absolute Gasteiger partial charge is 0.351 e. The average Bonchev–Trinajstić information content (AvgIpc) is 3.31. The first kappa shape index (κ1) is 22.8. The molecule has 1 fully saturated rings. The molecule has 2 aromatic carbocycles. The van der Waals surface area contributed by atoms with Crippen LogP contribution in [0, 0.1) is 17.2 Å². The fourth-order valence-electron chi connectivity index (χ4n) is 4.04. The second-order valence-electron chi connectivity index (χ2n) is 8.60. The Bertz CT molecular complexity index is 1510. The number of benzene rings is 2. The summed E-state index contributed by atoms with van der Waals surface area (Å²) in [6.45, 7) is 6.35. The smallest absolute Gasteiger partial charge is 0.270 e. The van der Waals surface area contributed by atoms with Crippen LogP contribution >= 0.6 is 0 Å². The number of H-pyrrole nitrogens is 1. The number of carbonyl (C=O) groups is 1. The van der Waals surface area contributed by atoms with Gasteiger partial charge in [-0.25, -0.2) is 9.97 Å². The number of likely N-dealkylation sites (tertiary alicyclic amines) is 1. The third-order valence-electron chi connectivity index (χ3n) is 6.10. The Morgan fingerprint density at radius 3 is 2.78 bits per heavy atom. The van der Waals surface area contributed by atoms with Crippen LogP contribution in [0.4, 0.5) is 11.5 Å². The molecule has 2 aromatic heterocycles. The van der Waals surface area contributed by atoms with Crippen LogP contribution in [0.5, 0.6) is 0 Å². The van der Waals surface area contributed by atoms with E-state index in [4.69, 9.17) is 5.26 Å². The van der Waals surface area contributed by atoms with Gasteiger partial charge in [-0.1, -0.05) is 24.3 Å². The number of fused-ring (bicyclic) bond motifs is 1. The predicted molar refractivity (Wildman–Crippen MR) is 140 cm³/mol. The van der Waals surface area contributed by atoms with E-state index in [1.807, 2.05) is 61.5 Å². The minimum atomic E-state index is -0.0907. The Morgan fingerprint density at radius 1 is 1.22 bits per heavy atom. The SMILES string of the molecule is C=NN/C=C(\C)c1ccc(Nc2ccnc(-c3ccc4cc(C(=O)N5CC(C#N)C5)[nH]c4c3)n2)cc1. The molecule has 1 amide bonds. The Morgan fingerprint density at radius 2 is 2.03 bits per heavy atom. The molecule has 0 unspecified atom stereocenters. The summed E-state index contributed by atoms with van der Waals surface area (Å²) in [5.41, 5.74) is 7.93. The molecular weight excluding hydrogens is 452 g/mol. The zero-order valence-corrected chi connectivity index (χ0v) is 19.7. The lowest BCUT2D eigenvalue weighted by molar-refractivity contribution is 0.0572. The number of amides is 1. The lowest BCUT2D eigenvalue weighted by atomic mass is 10.0. The molecule has 3 heterocycles. The minimum Gasteiger partial charge on any atom is -0.351 e. The number of nitriles is 1. The van der Waals surface area contributed by atoms with E-state index in [1.165, 1.54) is 0 Å². The van der Waals surface area contributed by atoms with Gasteiger partial charge >= 0.3 is 0 Å². The number of anilines is 2. The van der Waals surface area contributed by atoms with Crippen molar-refractivity contribution in [2.24, 2.45) is 11.0 Å². The van der Waals surface area contributed by atoms with E-state index in [9.17, 15) is 4.79 Å². The van der Waals surface area contributed by atoms with Gasteiger partial charge in [-0.2, -0.15) is 10.4 Å². The highest BCUT2D eigenvalue weighted by molar-refractivity contribution is 5.99. The summed E-state index contributed by atoms with van der Waals surface area (Å²) in [5.74, 6) is 1.08. The molecule has 9 heteroatoms. The lowest BCUT2D eigenvalue weighted by Crippen LogP contribution is -2.49. The van der Waals surface area contributed by atoms with E-state index in [-0.39, 0.29) is 11.8 Å². The van der Waals surface area contributed by atoms with Crippen molar-refractivity contribution in [3.63, 3.8) is 0 Å². The molecule has 9 nitrogen and oxygen atoms in total. The van der Waals surface area contributed by atoms with Crippen LogP contribution in [0.15, 0.2) is 72.1 Å². The van der Waals surface area contributed by atoms with E-state index >= 15 is 0 Å². The molecule has 0 radical (unpaired) electrons. The molecule has 5 rings (SSSR count). The monoisotopic (exact) mass is 476 g/mol. The lowest BCUT2D eigenvalue weighted by Gasteiger charge is -2.34. The standard InChI is InChI=1S/C27H24N8O/c1-17(14-31-29-2)19-5-7-22(8-6-19)32-25-9-10-30-26(34-25)21-4-3-20-11-24(33-23(20)12-21)27(36)35-15-18(13-28)16-35/h3-12,14,18,31,33H,2,15-16H2,1H3,(H,30,32,34)/b17-14+. The van der Waals surface area contributed by atoms with Crippen LogP contribution in [0.1, 0.15) is 23.0 Å². The molecule has 36 heavy (non-hydrogen) atoms.